The van der Waals surface area contributed by atoms with Gasteiger partial charge >= 0.3 is 0 Å². The van der Waals surface area contributed by atoms with Gasteiger partial charge in [0.25, 0.3) is 0 Å². The molecule has 5 heteroatoms. The van der Waals surface area contributed by atoms with E-state index >= 15 is 0 Å². The molecule has 1 aliphatic heterocycles. The number of rotatable bonds is 3. The van der Waals surface area contributed by atoms with Gasteiger partial charge in [-0.2, -0.15) is 4.31 Å². The summed E-state index contributed by atoms with van der Waals surface area (Å²) in [5, 5.41) is 1.03. The van der Waals surface area contributed by atoms with Crippen LogP contribution in [-0.4, -0.2) is 30.4 Å². The fourth-order valence-electron chi connectivity index (χ4n) is 3.25. The Morgan fingerprint density at radius 3 is 2.41 bits per heavy atom. The van der Waals surface area contributed by atoms with Crippen molar-refractivity contribution in [2.45, 2.75) is 51.0 Å². The monoisotopic (exact) mass is 320 g/mol. The van der Waals surface area contributed by atoms with Gasteiger partial charge < -0.3 is 4.57 Å². The van der Waals surface area contributed by atoms with Gasteiger partial charge in [-0.3, -0.25) is 0 Å². The topological polar surface area (TPSA) is 42.3 Å². The molecule has 120 valence electrons. The first-order chi connectivity index (χ1) is 10.4. The molecule has 1 aromatic carbocycles. The molecule has 1 fully saturated rings. The van der Waals surface area contributed by atoms with Gasteiger partial charge in [-0.25, -0.2) is 8.42 Å². The summed E-state index contributed by atoms with van der Waals surface area (Å²) in [6, 6.07) is 5.90. The third-order valence-corrected chi connectivity index (χ3v) is 6.41. The van der Waals surface area contributed by atoms with Crippen LogP contribution in [0.2, 0.25) is 0 Å². The Morgan fingerprint density at radius 1 is 1.09 bits per heavy atom. The summed E-state index contributed by atoms with van der Waals surface area (Å²) in [4.78, 5) is 0.423. The van der Waals surface area contributed by atoms with Crippen molar-refractivity contribution in [1.82, 2.24) is 8.87 Å². The van der Waals surface area contributed by atoms with E-state index in [1.54, 1.807) is 10.4 Å². The Bertz CT molecular complexity index is 784. The molecule has 3 rings (SSSR count). The summed E-state index contributed by atoms with van der Waals surface area (Å²) in [6.45, 7) is 7.60. The van der Waals surface area contributed by atoms with Gasteiger partial charge in [-0.05, 0) is 57.4 Å². The van der Waals surface area contributed by atoms with Crippen molar-refractivity contribution < 1.29 is 8.42 Å². The van der Waals surface area contributed by atoms with Crippen LogP contribution < -0.4 is 0 Å². The van der Waals surface area contributed by atoms with Gasteiger partial charge in [0.1, 0.15) is 0 Å². The number of sulfonamides is 1. The zero-order valence-corrected chi connectivity index (χ0v) is 14.4. The lowest BCUT2D eigenvalue weighted by molar-refractivity contribution is 0.346. The highest BCUT2D eigenvalue weighted by Gasteiger charge is 2.26. The molecule has 4 nitrogen and oxygen atoms in total. The number of aromatic nitrogens is 1. The Kier molecular flexibility index (Phi) is 4.03. The number of aryl methyl sites for hydroxylation is 1. The van der Waals surface area contributed by atoms with E-state index in [1.165, 1.54) is 0 Å². The van der Waals surface area contributed by atoms with Gasteiger partial charge in [0.2, 0.25) is 10.0 Å². The summed E-state index contributed by atoms with van der Waals surface area (Å²) >= 11 is 0. The van der Waals surface area contributed by atoms with Gasteiger partial charge in [0, 0.05) is 36.2 Å². The second-order valence-corrected chi connectivity index (χ2v) is 8.39. The van der Waals surface area contributed by atoms with Gasteiger partial charge in [-0.1, -0.05) is 6.42 Å². The van der Waals surface area contributed by atoms with Crippen molar-refractivity contribution in [2.24, 2.45) is 0 Å². The zero-order valence-electron chi connectivity index (χ0n) is 13.5. The first kappa shape index (κ1) is 15.6. The Hall–Kier alpha value is -1.33. The number of piperidine rings is 1. The standard InChI is InChI=1S/C17H24N2O2S/c1-13(2)19-12-14(3)16-11-15(7-8-17(16)19)22(20,21)18-9-5-4-6-10-18/h7-8,11-13H,4-6,9-10H2,1-3H3. The average Bonchev–Trinajstić information content (AvgIpc) is 2.85. The van der Waals surface area contributed by atoms with Gasteiger partial charge in [0.05, 0.1) is 4.90 Å². The van der Waals surface area contributed by atoms with E-state index < -0.39 is 10.0 Å². The van der Waals surface area contributed by atoms with E-state index in [1.807, 2.05) is 19.1 Å². The predicted molar refractivity (Wildman–Crippen MR) is 89.7 cm³/mol. The van der Waals surface area contributed by atoms with Crippen molar-refractivity contribution in [3.05, 3.63) is 30.0 Å². The fraction of sp³-hybridized carbons (Fsp3) is 0.529. The number of hydrogen-bond donors (Lipinski definition) is 0. The SMILES string of the molecule is Cc1cn(C(C)C)c2ccc(S(=O)(=O)N3CCCCC3)cc12. The molecule has 1 aromatic heterocycles. The molecule has 0 bridgehead atoms. The molecular formula is C17H24N2O2S. The third kappa shape index (κ3) is 2.57. The highest BCUT2D eigenvalue weighted by molar-refractivity contribution is 7.89. The average molecular weight is 320 g/mol. The summed E-state index contributed by atoms with van der Waals surface area (Å²) in [7, 11) is -3.36. The second kappa shape index (κ2) is 5.70. The molecule has 0 N–H and O–H groups in total. The smallest absolute Gasteiger partial charge is 0.243 e. The largest absolute Gasteiger partial charge is 0.345 e. The molecule has 0 aliphatic carbocycles. The highest BCUT2D eigenvalue weighted by Crippen LogP contribution is 2.28. The minimum atomic E-state index is -3.36. The van der Waals surface area contributed by atoms with Crippen molar-refractivity contribution in [2.75, 3.05) is 13.1 Å². The normalized spacial score (nSPS) is 17.5. The molecule has 0 saturated carbocycles. The van der Waals surface area contributed by atoms with E-state index in [0.29, 0.717) is 24.0 Å². The molecule has 2 heterocycles. The van der Waals surface area contributed by atoms with E-state index in [-0.39, 0.29) is 0 Å². The van der Waals surface area contributed by atoms with Crippen LogP contribution in [0, 0.1) is 6.92 Å². The van der Waals surface area contributed by atoms with Crippen LogP contribution in [-0.2, 0) is 10.0 Å². The molecule has 0 amide bonds. The van der Waals surface area contributed by atoms with E-state index in [9.17, 15) is 8.42 Å². The molecule has 0 atom stereocenters. The van der Waals surface area contributed by atoms with Gasteiger partial charge in [-0.15, -0.1) is 0 Å². The minimum Gasteiger partial charge on any atom is -0.345 e. The van der Waals surface area contributed by atoms with E-state index in [2.05, 4.69) is 24.6 Å². The van der Waals surface area contributed by atoms with Crippen molar-refractivity contribution in [3.63, 3.8) is 0 Å². The van der Waals surface area contributed by atoms with E-state index in [4.69, 9.17) is 0 Å². The lowest BCUT2D eigenvalue weighted by atomic mass is 10.2. The van der Waals surface area contributed by atoms with Crippen LogP contribution in [0.25, 0.3) is 10.9 Å². The Balaban J connectivity index is 2.07. The molecule has 0 radical (unpaired) electrons. The second-order valence-electron chi connectivity index (χ2n) is 6.46. The summed E-state index contributed by atoms with van der Waals surface area (Å²) in [5.41, 5.74) is 2.23. The molecule has 2 aromatic rings. The summed E-state index contributed by atoms with van der Waals surface area (Å²) < 4.78 is 29.4. The maximum Gasteiger partial charge on any atom is 0.243 e. The van der Waals surface area contributed by atoms with Crippen molar-refractivity contribution >= 4 is 20.9 Å². The molecule has 22 heavy (non-hydrogen) atoms. The van der Waals surface area contributed by atoms with Crippen LogP contribution in [0.1, 0.15) is 44.7 Å². The number of hydrogen-bond acceptors (Lipinski definition) is 2. The molecule has 1 saturated heterocycles. The first-order valence-electron chi connectivity index (χ1n) is 8.02. The Labute approximate surface area is 132 Å². The van der Waals surface area contributed by atoms with Crippen LogP contribution in [0.4, 0.5) is 0 Å². The van der Waals surface area contributed by atoms with Crippen molar-refractivity contribution in [3.8, 4) is 0 Å². The highest BCUT2D eigenvalue weighted by atomic mass is 32.2. The fourth-order valence-corrected chi connectivity index (χ4v) is 4.79. The minimum absolute atomic E-state index is 0.362. The molecule has 0 spiro atoms. The lowest BCUT2D eigenvalue weighted by Crippen LogP contribution is -2.35. The predicted octanol–water partition coefficient (Wildman–Crippen LogP) is 3.71. The molecule has 0 unspecified atom stereocenters. The molecule has 1 aliphatic rings. The third-order valence-electron chi connectivity index (χ3n) is 4.51. The van der Waals surface area contributed by atoms with Crippen molar-refractivity contribution in [1.29, 1.82) is 0 Å². The number of nitrogens with zero attached hydrogens (tertiary/aromatic N) is 2. The van der Waals surface area contributed by atoms with Crippen LogP contribution in [0.3, 0.4) is 0 Å². The van der Waals surface area contributed by atoms with Crippen LogP contribution >= 0.6 is 0 Å². The number of benzene rings is 1. The van der Waals surface area contributed by atoms with Crippen LogP contribution in [0.15, 0.2) is 29.3 Å². The molecular weight excluding hydrogens is 296 g/mol. The van der Waals surface area contributed by atoms with E-state index in [0.717, 1.165) is 35.7 Å². The first-order valence-corrected chi connectivity index (χ1v) is 9.46. The maximum atomic E-state index is 12.8. The Morgan fingerprint density at radius 2 is 1.77 bits per heavy atom. The zero-order chi connectivity index (χ0) is 15.9. The number of fused-ring (bicyclic) bond motifs is 1. The quantitative estimate of drug-likeness (QED) is 0.865. The maximum absolute atomic E-state index is 12.8. The van der Waals surface area contributed by atoms with Crippen LogP contribution in [0.5, 0.6) is 0 Å². The van der Waals surface area contributed by atoms with Gasteiger partial charge in [0.15, 0.2) is 0 Å². The summed E-state index contributed by atoms with van der Waals surface area (Å²) in [6.07, 6.45) is 5.16. The lowest BCUT2D eigenvalue weighted by Gasteiger charge is -2.26. The summed E-state index contributed by atoms with van der Waals surface area (Å²) in [5.74, 6) is 0.